The van der Waals surface area contributed by atoms with Crippen molar-refractivity contribution in [2.75, 3.05) is 25.6 Å². The molecule has 0 radical (unpaired) electrons. The Kier molecular flexibility index (Phi) is 5.13. The third-order valence-electron chi connectivity index (χ3n) is 4.09. The Balaban J connectivity index is 2.23. The van der Waals surface area contributed by atoms with E-state index in [0.29, 0.717) is 28.7 Å². The summed E-state index contributed by atoms with van der Waals surface area (Å²) in [6.07, 6.45) is 0. The number of anilines is 1. The normalized spacial score (nSPS) is 16.0. The number of allylic oxidation sites excluding steroid dienone is 1. The number of hydrogen-bond donors (Lipinski definition) is 0. The fourth-order valence-electron chi connectivity index (χ4n) is 2.93. The van der Waals surface area contributed by atoms with Crippen molar-refractivity contribution in [1.82, 2.24) is 9.97 Å². The summed E-state index contributed by atoms with van der Waals surface area (Å²) in [5, 5.41) is 0.252. The van der Waals surface area contributed by atoms with Crippen LogP contribution in [0.4, 0.5) is 5.95 Å². The Morgan fingerprint density at radius 2 is 1.96 bits per heavy atom. The molecule has 3 rings (SSSR count). The van der Waals surface area contributed by atoms with Crippen molar-refractivity contribution in [1.29, 1.82) is 0 Å². The van der Waals surface area contributed by atoms with Crippen LogP contribution in [0.2, 0.25) is 5.15 Å². The quantitative estimate of drug-likeness (QED) is 0.603. The predicted octanol–water partition coefficient (Wildman–Crippen LogP) is 3.56. The average Bonchev–Trinajstić information content (AvgIpc) is 2.61. The first-order valence-electron chi connectivity index (χ1n) is 8.29. The number of nitrogens with zero attached hydrogens (tertiary/aromatic N) is 3. The number of ether oxygens (including phenoxy) is 2. The van der Waals surface area contributed by atoms with Gasteiger partial charge in [0.2, 0.25) is 11.8 Å². The highest BCUT2D eigenvalue weighted by Gasteiger charge is 2.38. The lowest BCUT2D eigenvalue weighted by molar-refractivity contribution is -0.139. The van der Waals surface area contributed by atoms with E-state index in [1.54, 1.807) is 18.7 Å². The van der Waals surface area contributed by atoms with E-state index in [4.69, 9.17) is 21.1 Å². The van der Waals surface area contributed by atoms with Crippen LogP contribution >= 0.6 is 11.6 Å². The predicted molar refractivity (Wildman–Crippen MR) is 99.6 cm³/mol. The van der Waals surface area contributed by atoms with Crippen LogP contribution in [0.15, 0.2) is 41.7 Å². The molecule has 1 aromatic heterocycles. The molecule has 2 heterocycles. The highest BCUT2D eigenvalue weighted by atomic mass is 35.5. The molecule has 1 aliphatic rings. The lowest BCUT2D eigenvalue weighted by Crippen LogP contribution is -2.25. The van der Waals surface area contributed by atoms with Gasteiger partial charge in [-0.25, -0.2) is 9.78 Å². The maximum Gasteiger partial charge on any atom is 0.338 e. The minimum atomic E-state index is -0.456. The molecule has 1 atom stereocenters. The van der Waals surface area contributed by atoms with Crippen molar-refractivity contribution in [3.8, 4) is 5.88 Å². The number of hydrogen-bond acceptors (Lipinski definition) is 6. The molecule has 1 aliphatic heterocycles. The van der Waals surface area contributed by atoms with Gasteiger partial charge < -0.3 is 14.4 Å². The largest absolute Gasteiger partial charge is 0.463 e. The van der Waals surface area contributed by atoms with Crippen molar-refractivity contribution in [3.05, 3.63) is 57.9 Å². The molecule has 0 fully saturated rings. The highest BCUT2D eigenvalue weighted by Crippen LogP contribution is 2.45. The number of carbonyl (C=O) groups excluding carboxylic acids is 1. The summed E-state index contributed by atoms with van der Waals surface area (Å²) in [5.41, 5.74) is 1.87. The van der Waals surface area contributed by atoms with E-state index in [2.05, 4.69) is 9.97 Å². The Morgan fingerprint density at radius 3 is 2.58 bits per heavy atom. The molecule has 2 aromatic rings. The summed E-state index contributed by atoms with van der Waals surface area (Å²) in [6, 6.07) is 9.60. The minimum absolute atomic E-state index is 0.252. The SMILES string of the molecule is CCOC(=O)C1=C(C)Oc2nc(N(C)C)nc(Cl)c2C1c1ccccc1. The van der Waals surface area contributed by atoms with E-state index in [9.17, 15) is 4.79 Å². The number of benzene rings is 1. The Bertz CT molecular complexity index is 866. The van der Waals surface area contributed by atoms with E-state index in [0.717, 1.165) is 5.56 Å². The van der Waals surface area contributed by atoms with E-state index in [1.165, 1.54) is 0 Å². The number of aromatic nitrogens is 2. The fraction of sp³-hybridized carbons (Fsp3) is 0.316. The van der Waals surface area contributed by atoms with Gasteiger partial charge >= 0.3 is 5.97 Å². The first-order chi connectivity index (χ1) is 12.4. The van der Waals surface area contributed by atoms with Gasteiger partial charge in [0.05, 0.1) is 23.7 Å². The molecule has 0 amide bonds. The summed E-state index contributed by atoms with van der Waals surface area (Å²) in [6.45, 7) is 3.77. The molecular formula is C19H20ClN3O3. The number of fused-ring (bicyclic) bond motifs is 1. The lowest BCUT2D eigenvalue weighted by atomic mass is 9.84. The molecular weight excluding hydrogens is 354 g/mol. The third-order valence-corrected chi connectivity index (χ3v) is 4.38. The smallest absolute Gasteiger partial charge is 0.338 e. The van der Waals surface area contributed by atoms with Crippen molar-refractivity contribution in [2.45, 2.75) is 19.8 Å². The standard InChI is InChI=1S/C19H20ClN3O3/c1-5-25-18(24)13-11(2)26-17-15(14(13)12-9-7-6-8-10-12)16(20)21-19(22-17)23(3)4/h6-10,14H,5H2,1-4H3. The molecule has 7 heteroatoms. The van der Waals surface area contributed by atoms with Gasteiger partial charge in [-0.3, -0.25) is 0 Å². The monoisotopic (exact) mass is 373 g/mol. The summed E-state index contributed by atoms with van der Waals surface area (Å²) in [4.78, 5) is 23.2. The summed E-state index contributed by atoms with van der Waals surface area (Å²) < 4.78 is 11.1. The third kappa shape index (κ3) is 3.24. The first kappa shape index (κ1) is 18.2. The maximum atomic E-state index is 12.6. The molecule has 0 N–H and O–H groups in total. The average molecular weight is 374 g/mol. The number of carbonyl (C=O) groups is 1. The fourth-order valence-corrected chi connectivity index (χ4v) is 3.20. The van der Waals surface area contributed by atoms with E-state index in [1.807, 2.05) is 44.4 Å². The molecule has 0 saturated carbocycles. The number of esters is 1. The van der Waals surface area contributed by atoms with Gasteiger partial charge in [0.1, 0.15) is 10.9 Å². The topological polar surface area (TPSA) is 64.6 Å². The van der Waals surface area contributed by atoms with Crippen molar-refractivity contribution >= 4 is 23.5 Å². The van der Waals surface area contributed by atoms with Gasteiger partial charge in [-0.05, 0) is 19.4 Å². The van der Waals surface area contributed by atoms with E-state index in [-0.39, 0.29) is 11.8 Å². The molecule has 136 valence electrons. The van der Waals surface area contributed by atoms with Gasteiger partial charge in [-0.15, -0.1) is 0 Å². The zero-order chi connectivity index (χ0) is 18.8. The summed E-state index contributed by atoms with van der Waals surface area (Å²) in [5.74, 6) is 0.352. The first-order valence-corrected chi connectivity index (χ1v) is 8.67. The summed E-state index contributed by atoms with van der Waals surface area (Å²) in [7, 11) is 3.64. The molecule has 1 unspecified atom stereocenters. The molecule has 1 aromatic carbocycles. The Hall–Kier alpha value is -2.60. The van der Waals surface area contributed by atoms with Crippen molar-refractivity contribution in [2.24, 2.45) is 0 Å². The molecule has 6 nitrogen and oxygen atoms in total. The lowest BCUT2D eigenvalue weighted by Gasteiger charge is -2.29. The van der Waals surface area contributed by atoms with Crippen LogP contribution in [0.5, 0.6) is 5.88 Å². The van der Waals surface area contributed by atoms with Crippen LogP contribution in [0.1, 0.15) is 30.9 Å². The number of halogens is 1. The van der Waals surface area contributed by atoms with Crippen LogP contribution < -0.4 is 9.64 Å². The number of rotatable bonds is 4. The second-order valence-electron chi connectivity index (χ2n) is 6.06. The van der Waals surface area contributed by atoms with Crippen LogP contribution in [-0.4, -0.2) is 36.6 Å². The van der Waals surface area contributed by atoms with Crippen molar-refractivity contribution in [3.63, 3.8) is 0 Å². The highest BCUT2D eigenvalue weighted by molar-refractivity contribution is 6.30. The second-order valence-corrected chi connectivity index (χ2v) is 6.42. The zero-order valence-corrected chi connectivity index (χ0v) is 15.9. The second kappa shape index (κ2) is 7.33. The van der Waals surface area contributed by atoms with Crippen LogP contribution in [0, 0.1) is 0 Å². The molecule has 0 spiro atoms. The molecule has 0 bridgehead atoms. The molecule has 26 heavy (non-hydrogen) atoms. The van der Waals surface area contributed by atoms with Gasteiger partial charge in [-0.1, -0.05) is 41.9 Å². The van der Waals surface area contributed by atoms with E-state index < -0.39 is 11.9 Å². The van der Waals surface area contributed by atoms with Crippen LogP contribution in [-0.2, 0) is 9.53 Å². The molecule has 0 aliphatic carbocycles. The minimum Gasteiger partial charge on any atom is -0.463 e. The maximum absolute atomic E-state index is 12.6. The van der Waals surface area contributed by atoms with Crippen molar-refractivity contribution < 1.29 is 14.3 Å². The Morgan fingerprint density at radius 1 is 1.27 bits per heavy atom. The van der Waals surface area contributed by atoms with Gasteiger partial charge in [0.25, 0.3) is 0 Å². The summed E-state index contributed by atoms with van der Waals surface area (Å²) >= 11 is 6.50. The Labute approximate surface area is 157 Å². The zero-order valence-electron chi connectivity index (χ0n) is 15.1. The van der Waals surface area contributed by atoms with Gasteiger partial charge in [0.15, 0.2) is 0 Å². The van der Waals surface area contributed by atoms with E-state index >= 15 is 0 Å². The van der Waals surface area contributed by atoms with Gasteiger partial charge in [-0.2, -0.15) is 4.98 Å². The van der Waals surface area contributed by atoms with Gasteiger partial charge in [0, 0.05) is 14.1 Å². The molecule has 0 saturated heterocycles. The van der Waals surface area contributed by atoms with Crippen LogP contribution in [0.3, 0.4) is 0 Å². The van der Waals surface area contributed by atoms with Crippen LogP contribution in [0.25, 0.3) is 0 Å².